The van der Waals surface area contributed by atoms with Crippen molar-refractivity contribution in [3.05, 3.63) is 28.2 Å². The number of ether oxygens (including phenoxy) is 1. The number of benzene rings is 1. The Balaban J connectivity index is 2.20. The zero-order chi connectivity index (χ0) is 14.0. The lowest BCUT2D eigenvalue weighted by atomic mass is 9.73. The Hall–Kier alpha value is -0.830. The fourth-order valence-corrected chi connectivity index (χ4v) is 3.27. The van der Waals surface area contributed by atoms with E-state index in [0.29, 0.717) is 5.92 Å². The van der Waals surface area contributed by atoms with E-state index in [9.17, 15) is 4.79 Å². The van der Waals surface area contributed by atoms with E-state index in [2.05, 4.69) is 29.8 Å². The molecule has 2 nitrogen and oxygen atoms in total. The second-order valence-electron chi connectivity index (χ2n) is 5.67. The highest BCUT2D eigenvalue weighted by Crippen LogP contribution is 2.36. The molecule has 3 heteroatoms. The maximum Gasteiger partial charge on any atom is 0.167 e. The highest BCUT2D eigenvalue weighted by molar-refractivity contribution is 9.10. The maximum atomic E-state index is 12.7. The number of hydrogen-bond donors (Lipinski definition) is 0. The standard InChI is InChI=1S/C16H21BrO2/c1-10-4-5-12(8-11(10)2)16(18)14-9-13(19-3)6-7-15(14)17/h6-7,9-12H,4-5,8H2,1-3H3. The molecular weight excluding hydrogens is 304 g/mol. The highest BCUT2D eigenvalue weighted by atomic mass is 79.9. The van der Waals surface area contributed by atoms with Gasteiger partial charge in [0.1, 0.15) is 5.75 Å². The Morgan fingerprint density at radius 3 is 2.63 bits per heavy atom. The van der Waals surface area contributed by atoms with E-state index in [4.69, 9.17) is 4.74 Å². The summed E-state index contributed by atoms with van der Waals surface area (Å²) in [7, 11) is 1.63. The number of hydrogen-bond acceptors (Lipinski definition) is 2. The van der Waals surface area contributed by atoms with Crippen LogP contribution in [0, 0.1) is 17.8 Å². The molecule has 1 aromatic rings. The lowest BCUT2D eigenvalue weighted by Gasteiger charge is -2.31. The van der Waals surface area contributed by atoms with Crippen molar-refractivity contribution in [1.82, 2.24) is 0 Å². The van der Waals surface area contributed by atoms with Gasteiger partial charge in [-0.05, 0) is 49.3 Å². The molecule has 0 aromatic heterocycles. The number of halogens is 1. The smallest absolute Gasteiger partial charge is 0.167 e. The maximum absolute atomic E-state index is 12.7. The predicted octanol–water partition coefficient (Wildman–Crippen LogP) is 4.71. The van der Waals surface area contributed by atoms with E-state index in [-0.39, 0.29) is 11.7 Å². The first kappa shape index (κ1) is 14.6. The van der Waals surface area contributed by atoms with Crippen molar-refractivity contribution < 1.29 is 9.53 Å². The van der Waals surface area contributed by atoms with E-state index in [0.717, 1.165) is 41.0 Å². The topological polar surface area (TPSA) is 26.3 Å². The van der Waals surface area contributed by atoms with Gasteiger partial charge in [0.05, 0.1) is 7.11 Å². The van der Waals surface area contributed by atoms with Crippen LogP contribution in [0.25, 0.3) is 0 Å². The summed E-state index contributed by atoms with van der Waals surface area (Å²) in [6.07, 6.45) is 3.16. The summed E-state index contributed by atoms with van der Waals surface area (Å²) in [4.78, 5) is 12.7. The van der Waals surface area contributed by atoms with E-state index >= 15 is 0 Å². The summed E-state index contributed by atoms with van der Waals surface area (Å²) in [5, 5.41) is 0. The third-order valence-electron chi connectivity index (χ3n) is 4.41. The van der Waals surface area contributed by atoms with Crippen molar-refractivity contribution in [3.8, 4) is 5.75 Å². The molecule has 2 rings (SSSR count). The first-order valence-electron chi connectivity index (χ1n) is 6.90. The van der Waals surface area contributed by atoms with Gasteiger partial charge < -0.3 is 4.74 Å². The largest absolute Gasteiger partial charge is 0.497 e. The number of carbonyl (C=O) groups excluding carboxylic acids is 1. The molecule has 3 atom stereocenters. The Morgan fingerprint density at radius 2 is 2.00 bits per heavy atom. The van der Waals surface area contributed by atoms with Gasteiger partial charge in [0, 0.05) is 16.0 Å². The fourth-order valence-electron chi connectivity index (χ4n) is 2.83. The quantitative estimate of drug-likeness (QED) is 0.752. The van der Waals surface area contributed by atoms with Crippen LogP contribution in [0.1, 0.15) is 43.5 Å². The first-order valence-corrected chi connectivity index (χ1v) is 7.70. The lowest BCUT2D eigenvalue weighted by Crippen LogP contribution is -2.26. The first-order chi connectivity index (χ1) is 9.02. The Labute approximate surface area is 123 Å². The molecule has 0 saturated heterocycles. The van der Waals surface area contributed by atoms with Crippen molar-refractivity contribution in [2.75, 3.05) is 7.11 Å². The van der Waals surface area contributed by atoms with Gasteiger partial charge in [-0.15, -0.1) is 0 Å². The Bertz CT molecular complexity index is 470. The molecule has 1 aromatic carbocycles. The monoisotopic (exact) mass is 324 g/mol. The molecular formula is C16H21BrO2. The van der Waals surface area contributed by atoms with Crippen molar-refractivity contribution >= 4 is 21.7 Å². The minimum atomic E-state index is 0.162. The lowest BCUT2D eigenvalue weighted by molar-refractivity contribution is 0.0836. The van der Waals surface area contributed by atoms with Crippen molar-refractivity contribution in [1.29, 1.82) is 0 Å². The molecule has 0 spiro atoms. The predicted molar refractivity (Wildman–Crippen MR) is 80.7 cm³/mol. The van der Waals surface area contributed by atoms with Gasteiger partial charge in [-0.3, -0.25) is 4.79 Å². The fraction of sp³-hybridized carbons (Fsp3) is 0.562. The molecule has 0 bridgehead atoms. The van der Waals surface area contributed by atoms with Crippen LogP contribution in [0.4, 0.5) is 0 Å². The van der Waals surface area contributed by atoms with E-state index in [1.807, 2.05) is 18.2 Å². The Morgan fingerprint density at radius 1 is 1.26 bits per heavy atom. The van der Waals surface area contributed by atoms with Crippen LogP contribution in [-0.2, 0) is 0 Å². The van der Waals surface area contributed by atoms with Crippen LogP contribution in [0.5, 0.6) is 5.75 Å². The van der Waals surface area contributed by atoms with Crippen molar-refractivity contribution in [3.63, 3.8) is 0 Å². The molecule has 0 aliphatic heterocycles. The number of rotatable bonds is 3. The van der Waals surface area contributed by atoms with Gasteiger partial charge in [0.2, 0.25) is 0 Å². The third kappa shape index (κ3) is 3.19. The van der Waals surface area contributed by atoms with E-state index in [1.54, 1.807) is 7.11 Å². The third-order valence-corrected chi connectivity index (χ3v) is 5.10. The van der Waals surface area contributed by atoms with Crippen molar-refractivity contribution in [2.45, 2.75) is 33.1 Å². The molecule has 0 N–H and O–H groups in total. The van der Waals surface area contributed by atoms with E-state index < -0.39 is 0 Å². The van der Waals surface area contributed by atoms with E-state index in [1.165, 1.54) is 0 Å². The number of carbonyl (C=O) groups is 1. The zero-order valence-electron chi connectivity index (χ0n) is 11.8. The Kier molecular flexibility index (Phi) is 4.67. The average molecular weight is 325 g/mol. The number of Topliss-reactive ketones (excluding diaryl/α,β-unsaturated/α-hetero) is 1. The van der Waals surface area contributed by atoms with Crippen LogP contribution in [0.3, 0.4) is 0 Å². The SMILES string of the molecule is COc1ccc(Br)c(C(=O)C2CCC(C)C(C)C2)c1. The van der Waals surface area contributed by atoms with Crippen LogP contribution in [0.2, 0.25) is 0 Å². The molecule has 1 aliphatic carbocycles. The molecule has 0 radical (unpaired) electrons. The number of methoxy groups -OCH3 is 1. The van der Waals surface area contributed by atoms with Gasteiger partial charge in [0.15, 0.2) is 5.78 Å². The molecule has 104 valence electrons. The minimum absolute atomic E-state index is 0.162. The van der Waals surface area contributed by atoms with Crippen LogP contribution < -0.4 is 4.74 Å². The van der Waals surface area contributed by atoms with Crippen molar-refractivity contribution in [2.24, 2.45) is 17.8 Å². The normalized spacial score (nSPS) is 27.1. The van der Waals surface area contributed by atoms with Gasteiger partial charge >= 0.3 is 0 Å². The summed E-state index contributed by atoms with van der Waals surface area (Å²) >= 11 is 3.48. The highest BCUT2D eigenvalue weighted by Gasteiger charge is 2.30. The molecule has 0 heterocycles. The molecule has 1 aliphatic rings. The second kappa shape index (κ2) is 6.08. The van der Waals surface area contributed by atoms with Gasteiger partial charge in [0.25, 0.3) is 0 Å². The molecule has 1 fully saturated rings. The van der Waals surface area contributed by atoms with Gasteiger partial charge in [-0.1, -0.05) is 29.8 Å². The summed E-state index contributed by atoms with van der Waals surface area (Å²) in [6, 6.07) is 5.60. The molecule has 1 saturated carbocycles. The van der Waals surface area contributed by atoms with Crippen LogP contribution in [-0.4, -0.2) is 12.9 Å². The molecule has 0 amide bonds. The zero-order valence-corrected chi connectivity index (χ0v) is 13.4. The van der Waals surface area contributed by atoms with Crippen LogP contribution in [0.15, 0.2) is 22.7 Å². The van der Waals surface area contributed by atoms with Gasteiger partial charge in [-0.25, -0.2) is 0 Å². The average Bonchev–Trinajstić information content (AvgIpc) is 2.41. The molecule has 19 heavy (non-hydrogen) atoms. The minimum Gasteiger partial charge on any atom is -0.497 e. The summed E-state index contributed by atoms with van der Waals surface area (Å²) in [5.74, 6) is 2.52. The summed E-state index contributed by atoms with van der Waals surface area (Å²) in [5.41, 5.74) is 0.756. The van der Waals surface area contributed by atoms with Crippen LogP contribution >= 0.6 is 15.9 Å². The van der Waals surface area contributed by atoms with Gasteiger partial charge in [-0.2, -0.15) is 0 Å². The number of ketones is 1. The second-order valence-corrected chi connectivity index (χ2v) is 6.53. The molecule has 3 unspecified atom stereocenters. The summed E-state index contributed by atoms with van der Waals surface area (Å²) in [6.45, 7) is 4.54. The summed E-state index contributed by atoms with van der Waals surface area (Å²) < 4.78 is 6.08.